The van der Waals surface area contributed by atoms with Crippen molar-refractivity contribution in [1.82, 2.24) is 19.7 Å². The molecule has 0 unspecified atom stereocenters. The smallest absolute Gasteiger partial charge is 0.308 e. The Hall–Kier alpha value is -3.48. The number of nitrogens with one attached hydrogen (secondary N) is 1. The Labute approximate surface area is 143 Å². The molecule has 3 aromatic rings. The predicted octanol–water partition coefficient (Wildman–Crippen LogP) is 2.06. The van der Waals surface area contributed by atoms with Crippen LogP contribution in [0.25, 0.3) is 17.8 Å². The molecule has 0 saturated carbocycles. The highest BCUT2D eigenvalue weighted by molar-refractivity contribution is 5.70. The van der Waals surface area contributed by atoms with Crippen molar-refractivity contribution >= 4 is 18.1 Å². The number of nitrogens with zero attached hydrogens (tertiary/aromatic N) is 3. The summed E-state index contributed by atoms with van der Waals surface area (Å²) < 4.78 is 1.75. The van der Waals surface area contributed by atoms with Crippen LogP contribution in [0.3, 0.4) is 0 Å². The quantitative estimate of drug-likeness (QED) is 0.743. The molecule has 126 valence electrons. The summed E-state index contributed by atoms with van der Waals surface area (Å²) in [5.74, 6) is -0.698. The lowest BCUT2D eigenvalue weighted by atomic mass is 10.1. The number of carboxylic acid groups (broad SMARTS) is 1. The molecule has 0 atom stereocenters. The van der Waals surface area contributed by atoms with Gasteiger partial charge in [0.1, 0.15) is 5.82 Å². The summed E-state index contributed by atoms with van der Waals surface area (Å²) in [7, 11) is 0. The number of carbonyl (C=O) groups is 1. The minimum atomic E-state index is -1.06. The summed E-state index contributed by atoms with van der Waals surface area (Å²) in [4.78, 5) is 29.6. The Kier molecular flexibility index (Phi) is 4.56. The Morgan fingerprint density at radius 1 is 1.28 bits per heavy atom. The summed E-state index contributed by atoms with van der Waals surface area (Å²) in [5, 5.41) is 13.1. The van der Waals surface area contributed by atoms with Crippen molar-refractivity contribution < 1.29 is 9.90 Å². The molecule has 0 aliphatic carbocycles. The number of H-pyrrole nitrogens is 1. The number of aryl methyl sites for hydroxylation is 1. The summed E-state index contributed by atoms with van der Waals surface area (Å²) in [6.45, 7) is 1.62. The number of benzene rings is 1. The molecule has 0 spiro atoms. The molecular weight excluding hydrogens is 320 g/mol. The van der Waals surface area contributed by atoms with E-state index in [0.717, 1.165) is 11.3 Å². The highest BCUT2D eigenvalue weighted by Crippen LogP contribution is 2.10. The maximum absolute atomic E-state index is 12.0. The highest BCUT2D eigenvalue weighted by atomic mass is 16.4. The highest BCUT2D eigenvalue weighted by Gasteiger charge is 2.10. The Morgan fingerprint density at radius 3 is 2.72 bits per heavy atom. The van der Waals surface area contributed by atoms with Crippen molar-refractivity contribution in [3.8, 4) is 5.69 Å². The minimum Gasteiger partial charge on any atom is -0.481 e. The number of aromatic amines is 1. The predicted molar refractivity (Wildman–Crippen MR) is 93.4 cm³/mol. The van der Waals surface area contributed by atoms with E-state index in [1.54, 1.807) is 30.0 Å². The van der Waals surface area contributed by atoms with Crippen molar-refractivity contribution in [2.45, 2.75) is 13.3 Å². The summed E-state index contributed by atoms with van der Waals surface area (Å²) in [5.41, 5.74) is 1.93. The molecule has 0 radical (unpaired) electrons. The molecule has 0 fully saturated rings. The van der Waals surface area contributed by atoms with Crippen LogP contribution in [0.1, 0.15) is 22.6 Å². The number of hydrogen-bond donors (Lipinski definition) is 2. The summed E-state index contributed by atoms with van der Waals surface area (Å²) >= 11 is 0. The van der Waals surface area contributed by atoms with Gasteiger partial charge in [-0.3, -0.25) is 9.59 Å². The van der Waals surface area contributed by atoms with Gasteiger partial charge in [0.2, 0.25) is 0 Å². The molecule has 0 bridgehead atoms. The molecule has 7 heteroatoms. The summed E-state index contributed by atoms with van der Waals surface area (Å²) in [6, 6.07) is 9.70. The number of rotatable bonds is 5. The van der Waals surface area contributed by atoms with Crippen LogP contribution in [0.15, 0.2) is 47.5 Å². The van der Waals surface area contributed by atoms with E-state index in [1.165, 1.54) is 0 Å². The van der Waals surface area contributed by atoms with Gasteiger partial charge in [-0.25, -0.2) is 9.67 Å². The van der Waals surface area contributed by atoms with Gasteiger partial charge in [-0.1, -0.05) is 18.2 Å². The molecule has 0 aliphatic rings. The molecule has 3 rings (SSSR count). The zero-order valence-corrected chi connectivity index (χ0v) is 13.5. The van der Waals surface area contributed by atoms with Gasteiger partial charge in [0.15, 0.2) is 0 Å². The first-order valence-corrected chi connectivity index (χ1v) is 7.62. The van der Waals surface area contributed by atoms with Crippen LogP contribution in [0.4, 0.5) is 0 Å². The summed E-state index contributed by atoms with van der Waals surface area (Å²) in [6.07, 6.45) is 6.65. The molecule has 0 aliphatic heterocycles. The van der Waals surface area contributed by atoms with Gasteiger partial charge in [-0.05, 0) is 31.2 Å². The largest absolute Gasteiger partial charge is 0.481 e. The van der Waals surface area contributed by atoms with E-state index in [-0.39, 0.29) is 12.0 Å². The second-order valence-electron chi connectivity index (χ2n) is 5.47. The average molecular weight is 336 g/mol. The number of hydrogen-bond acceptors (Lipinski definition) is 4. The zero-order chi connectivity index (χ0) is 17.8. The van der Waals surface area contributed by atoms with Gasteiger partial charge in [0, 0.05) is 23.0 Å². The lowest BCUT2D eigenvalue weighted by Gasteiger charge is -2.02. The molecule has 2 aromatic heterocycles. The van der Waals surface area contributed by atoms with E-state index in [4.69, 9.17) is 5.11 Å². The topological polar surface area (TPSA) is 101 Å². The molecule has 0 saturated heterocycles. The van der Waals surface area contributed by atoms with Crippen LogP contribution in [-0.2, 0) is 11.2 Å². The molecule has 0 amide bonds. The van der Waals surface area contributed by atoms with Crippen LogP contribution in [0.5, 0.6) is 0 Å². The maximum Gasteiger partial charge on any atom is 0.308 e. The third-order valence-corrected chi connectivity index (χ3v) is 3.63. The number of aromatic nitrogens is 4. The molecule has 2 heterocycles. The molecule has 2 N–H and O–H groups in total. The van der Waals surface area contributed by atoms with Crippen molar-refractivity contribution in [3.05, 3.63) is 75.7 Å². The first kappa shape index (κ1) is 16.4. The standard InChI is InChI=1S/C18H16N4O3/c1-12-15(9-17(23)24)18(25)21-16(20-12)8-7-13-10-19-22(11-13)14-5-3-2-4-6-14/h2-8,10-11H,9H2,1H3,(H,23,24)(H,20,21,25). The van der Waals surface area contributed by atoms with Gasteiger partial charge >= 0.3 is 5.97 Å². The SMILES string of the molecule is Cc1nc(C=Cc2cnn(-c3ccccc3)c2)[nH]c(=O)c1CC(=O)O. The van der Waals surface area contributed by atoms with E-state index in [2.05, 4.69) is 15.1 Å². The van der Waals surface area contributed by atoms with Gasteiger partial charge in [0.25, 0.3) is 5.56 Å². The zero-order valence-electron chi connectivity index (χ0n) is 13.5. The fraction of sp³-hybridized carbons (Fsp3) is 0.111. The number of aliphatic carboxylic acids is 1. The van der Waals surface area contributed by atoms with E-state index < -0.39 is 11.5 Å². The van der Waals surface area contributed by atoms with Crippen LogP contribution in [0, 0.1) is 6.92 Å². The fourth-order valence-electron chi connectivity index (χ4n) is 2.39. The Bertz CT molecular complexity index is 987. The van der Waals surface area contributed by atoms with Crippen LogP contribution in [0.2, 0.25) is 0 Å². The maximum atomic E-state index is 12.0. The fourth-order valence-corrected chi connectivity index (χ4v) is 2.39. The van der Waals surface area contributed by atoms with Gasteiger partial charge in [0.05, 0.1) is 18.3 Å². The van der Waals surface area contributed by atoms with E-state index in [9.17, 15) is 9.59 Å². The first-order valence-electron chi connectivity index (χ1n) is 7.62. The monoisotopic (exact) mass is 336 g/mol. The van der Waals surface area contributed by atoms with Gasteiger partial charge in [-0.2, -0.15) is 5.10 Å². The van der Waals surface area contributed by atoms with Crippen molar-refractivity contribution in [2.24, 2.45) is 0 Å². The number of para-hydroxylation sites is 1. The molecule has 25 heavy (non-hydrogen) atoms. The Morgan fingerprint density at radius 2 is 2.04 bits per heavy atom. The second kappa shape index (κ2) is 6.96. The number of carboxylic acids is 1. The van der Waals surface area contributed by atoms with Crippen molar-refractivity contribution in [1.29, 1.82) is 0 Å². The van der Waals surface area contributed by atoms with Crippen LogP contribution < -0.4 is 5.56 Å². The minimum absolute atomic E-state index is 0.168. The Balaban J connectivity index is 1.82. The van der Waals surface area contributed by atoms with Gasteiger partial charge < -0.3 is 10.1 Å². The van der Waals surface area contributed by atoms with Crippen molar-refractivity contribution in [3.63, 3.8) is 0 Å². The average Bonchev–Trinajstić information content (AvgIpc) is 3.06. The second-order valence-corrected chi connectivity index (χ2v) is 5.47. The third kappa shape index (κ3) is 3.89. The molecular formula is C18H16N4O3. The van der Waals surface area contributed by atoms with E-state index in [0.29, 0.717) is 11.5 Å². The lowest BCUT2D eigenvalue weighted by molar-refractivity contribution is -0.136. The lowest BCUT2D eigenvalue weighted by Crippen LogP contribution is -2.20. The first-order chi connectivity index (χ1) is 12.0. The molecule has 7 nitrogen and oxygen atoms in total. The van der Waals surface area contributed by atoms with Crippen LogP contribution >= 0.6 is 0 Å². The van der Waals surface area contributed by atoms with Crippen molar-refractivity contribution in [2.75, 3.05) is 0 Å². The van der Waals surface area contributed by atoms with Crippen LogP contribution in [-0.4, -0.2) is 30.8 Å². The normalized spacial score (nSPS) is 11.1. The van der Waals surface area contributed by atoms with Gasteiger partial charge in [-0.15, -0.1) is 0 Å². The van der Waals surface area contributed by atoms with E-state index >= 15 is 0 Å². The molecule has 1 aromatic carbocycles. The van der Waals surface area contributed by atoms with E-state index in [1.807, 2.05) is 36.5 Å². The third-order valence-electron chi connectivity index (χ3n) is 3.63.